The largest absolute Gasteiger partial charge is 0.443 e. The van der Waals surface area contributed by atoms with Gasteiger partial charge in [0.05, 0.1) is 5.56 Å². The maximum Gasteiger partial charge on any atom is 0.327 e. The van der Waals surface area contributed by atoms with Gasteiger partial charge < -0.3 is 4.74 Å². The number of carbonyl (C=O) groups is 3. The van der Waals surface area contributed by atoms with E-state index in [4.69, 9.17) is 0 Å². The van der Waals surface area contributed by atoms with Crippen molar-refractivity contribution < 1.29 is 19.1 Å². The number of hydrogen-bond donors (Lipinski definition) is 1. The molecule has 3 amide bonds. The van der Waals surface area contributed by atoms with Crippen LogP contribution in [0.5, 0.6) is 0 Å². The lowest BCUT2D eigenvalue weighted by atomic mass is 10.3. The Morgan fingerprint density at radius 2 is 2.06 bits per heavy atom. The maximum atomic E-state index is 11.5. The number of carbonyl (C=O) groups excluding carboxylic acids is 3. The highest BCUT2D eigenvalue weighted by Crippen LogP contribution is 2.01. The van der Waals surface area contributed by atoms with Gasteiger partial charge in [-0.15, -0.1) is 0 Å². The number of aromatic nitrogens is 2. The van der Waals surface area contributed by atoms with Crippen LogP contribution in [-0.4, -0.2) is 46.1 Å². The summed E-state index contributed by atoms with van der Waals surface area (Å²) in [5.41, 5.74) is 0.160. The summed E-state index contributed by atoms with van der Waals surface area (Å²) in [4.78, 5) is 42.2. The van der Waals surface area contributed by atoms with Crippen LogP contribution in [0.15, 0.2) is 18.7 Å². The molecule has 2 rings (SSSR count). The molecule has 1 fully saturated rings. The Balaban J connectivity index is 1.95. The number of rotatable bonds is 1. The van der Waals surface area contributed by atoms with Crippen molar-refractivity contribution in [1.82, 2.24) is 20.2 Å². The molecule has 0 unspecified atom stereocenters. The van der Waals surface area contributed by atoms with E-state index in [0.717, 1.165) is 4.90 Å². The molecule has 1 N–H and O–H groups in total. The van der Waals surface area contributed by atoms with Gasteiger partial charge in [0, 0.05) is 12.4 Å². The molecule has 1 aromatic heterocycles. The van der Waals surface area contributed by atoms with Crippen molar-refractivity contribution in [2.75, 3.05) is 13.3 Å². The summed E-state index contributed by atoms with van der Waals surface area (Å²) in [6, 6.07) is -0.690. The molecule has 0 atom stereocenters. The molecule has 1 saturated heterocycles. The van der Waals surface area contributed by atoms with Crippen molar-refractivity contribution in [2.24, 2.45) is 0 Å². The summed E-state index contributed by atoms with van der Waals surface area (Å²) in [7, 11) is 0. The van der Waals surface area contributed by atoms with E-state index in [2.05, 4.69) is 20.0 Å². The zero-order valence-corrected chi connectivity index (χ0v) is 8.62. The SMILES string of the molecule is O=C1CN(C(=O)NC(=O)c2cncnc2)CO1. The minimum atomic E-state index is -0.690. The Labute approximate surface area is 95.6 Å². The molecule has 0 aliphatic carbocycles. The Hall–Kier alpha value is -2.51. The lowest BCUT2D eigenvalue weighted by Gasteiger charge is -2.11. The maximum absolute atomic E-state index is 11.5. The van der Waals surface area contributed by atoms with Crippen LogP contribution in [0.3, 0.4) is 0 Å². The highest BCUT2D eigenvalue weighted by Gasteiger charge is 2.26. The number of cyclic esters (lactones) is 1. The quantitative estimate of drug-likeness (QED) is 0.637. The van der Waals surface area contributed by atoms with Crippen LogP contribution in [0, 0.1) is 0 Å². The molecule has 0 saturated carbocycles. The van der Waals surface area contributed by atoms with Crippen molar-refractivity contribution in [3.05, 3.63) is 24.3 Å². The summed E-state index contributed by atoms with van der Waals surface area (Å²) in [6.07, 6.45) is 3.83. The number of nitrogens with zero attached hydrogens (tertiary/aromatic N) is 3. The molecular weight excluding hydrogens is 228 g/mol. The van der Waals surface area contributed by atoms with Crippen molar-refractivity contribution in [2.45, 2.75) is 0 Å². The predicted octanol–water partition coefficient (Wildman–Crippen LogP) is -0.857. The van der Waals surface area contributed by atoms with E-state index in [1.165, 1.54) is 18.7 Å². The van der Waals surface area contributed by atoms with E-state index in [9.17, 15) is 14.4 Å². The molecule has 0 radical (unpaired) electrons. The van der Waals surface area contributed by atoms with Crippen LogP contribution in [-0.2, 0) is 9.53 Å². The summed E-state index contributed by atoms with van der Waals surface area (Å²) in [6.45, 7) is -0.312. The smallest absolute Gasteiger partial charge is 0.327 e. The van der Waals surface area contributed by atoms with Crippen LogP contribution in [0.2, 0.25) is 0 Å². The Bertz CT molecular complexity index is 461. The number of ether oxygens (including phenoxy) is 1. The third kappa shape index (κ3) is 2.54. The summed E-state index contributed by atoms with van der Waals surface area (Å²) in [5, 5.41) is 2.09. The first-order valence-electron chi connectivity index (χ1n) is 4.67. The molecule has 8 nitrogen and oxygen atoms in total. The lowest BCUT2D eigenvalue weighted by molar-refractivity contribution is -0.136. The number of nitrogens with one attached hydrogen (secondary N) is 1. The van der Waals surface area contributed by atoms with Gasteiger partial charge in [-0.3, -0.25) is 19.8 Å². The first-order chi connectivity index (χ1) is 8.16. The molecule has 8 heteroatoms. The van der Waals surface area contributed by atoms with Gasteiger partial charge in [0.1, 0.15) is 12.9 Å². The summed E-state index contributed by atoms with van der Waals surface area (Å²) >= 11 is 0. The Kier molecular flexibility index (Phi) is 2.95. The van der Waals surface area contributed by atoms with Crippen LogP contribution in [0.25, 0.3) is 0 Å². The predicted molar refractivity (Wildman–Crippen MR) is 52.6 cm³/mol. The molecule has 0 bridgehead atoms. The third-order valence-corrected chi connectivity index (χ3v) is 2.03. The van der Waals surface area contributed by atoms with Crippen LogP contribution in [0.1, 0.15) is 10.4 Å². The molecule has 17 heavy (non-hydrogen) atoms. The van der Waals surface area contributed by atoms with Gasteiger partial charge in [-0.2, -0.15) is 0 Å². The molecule has 1 aliphatic heterocycles. The second-order valence-corrected chi connectivity index (χ2v) is 3.23. The minimum absolute atomic E-state index is 0.150. The average Bonchev–Trinajstić information content (AvgIpc) is 2.77. The fraction of sp³-hybridized carbons (Fsp3) is 0.222. The zero-order chi connectivity index (χ0) is 12.3. The highest BCUT2D eigenvalue weighted by molar-refractivity contribution is 6.04. The minimum Gasteiger partial charge on any atom is -0.443 e. The molecule has 1 aromatic rings. The van der Waals surface area contributed by atoms with E-state index in [0.29, 0.717) is 0 Å². The molecule has 0 aromatic carbocycles. The summed E-state index contributed by atoms with van der Waals surface area (Å²) in [5.74, 6) is -1.13. The number of urea groups is 1. The van der Waals surface area contributed by atoms with E-state index in [1.54, 1.807) is 0 Å². The molecular formula is C9H8N4O4. The second kappa shape index (κ2) is 4.56. The number of imide groups is 1. The van der Waals surface area contributed by atoms with Gasteiger partial charge >= 0.3 is 12.0 Å². The van der Waals surface area contributed by atoms with E-state index < -0.39 is 17.9 Å². The van der Waals surface area contributed by atoms with Crippen molar-refractivity contribution in [3.63, 3.8) is 0 Å². The third-order valence-electron chi connectivity index (χ3n) is 2.03. The monoisotopic (exact) mass is 236 g/mol. The topological polar surface area (TPSA) is 101 Å². The van der Waals surface area contributed by atoms with Crippen molar-refractivity contribution in [1.29, 1.82) is 0 Å². The van der Waals surface area contributed by atoms with Crippen molar-refractivity contribution >= 4 is 17.9 Å². The summed E-state index contributed by atoms with van der Waals surface area (Å²) < 4.78 is 4.56. The number of esters is 1. The fourth-order valence-electron chi connectivity index (χ4n) is 1.19. The standard InChI is InChI=1S/C9H8N4O4/c14-7-3-13(5-17-7)9(16)12-8(15)6-1-10-4-11-2-6/h1-2,4H,3,5H2,(H,12,15,16). The van der Waals surface area contributed by atoms with Crippen LogP contribution >= 0.6 is 0 Å². The molecule has 88 valence electrons. The zero-order valence-electron chi connectivity index (χ0n) is 8.62. The molecule has 0 spiro atoms. The average molecular weight is 236 g/mol. The van der Waals surface area contributed by atoms with Gasteiger partial charge in [-0.05, 0) is 0 Å². The van der Waals surface area contributed by atoms with Gasteiger partial charge in [-0.25, -0.2) is 14.8 Å². The first kappa shape index (κ1) is 11.0. The van der Waals surface area contributed by atoms with Crippen LogP contribution in [0.4, 0.5) is 4.79 Å². The van der Waals surface area contributed by atoms with Crippen molar-refractivity contribution in [3.8, 4) is 0 Å². The Morgan fingerprint density at radius 1 is 1.35 bits per heavy atom. The van der Waals surface area contributed by atoms with Gasteiger partial charge in [0.15, 0.2) is 6.73 Å². The Morgan fingerprint density at radius 3 is 2.65 bits per heavy atom. The molecule has 2 heterocycles. The second-order valence-electron chi connectivity index (χ2n) is 3.23. The highest BCUT2D eigenvalue weighted by atomic mass is 16.6. The lowest BCUT2D eigenvalue weighted by Crippen LogP contribution is -2.41. The normalized spacial score (nSPS) is 14.4. The number of hydrogen-bond acceptors (Lipinski definition) is 6. The van der Waals surface area contributed by atoms with Gasteiger partial charge in [0.2, 0.25) is 0 Å². The number of amides is 3. The molecule has 1 aliphatic rings. The fourth-order valence-corrected chi connectivity index (χ4v) is 1.19. The van der Waals surface area contributed by atoms with Gasteiger partial charge in [0.25, 0.3) is 5.91 Å². The van der Waals surface area contributed by atoms with Crippen LogP contribution < -0.4 is 5.32 Å². The van der Waals surface area contributed by atoms with E-state index >= 15 is 0 Å². The van der Waals surface area contributed by atoms with E-state index in [1.807, 2.05) is 0 Å². The van der Waals surface area contributed by atoms with Gasteiger partial charge in [-0.1, -0.05) is 0 Å². The first-order valence-corrected chi connectivity index (χ1v) is 4.67. The van der Waals surface area contributed by atoms with E-state index in [-0.39, 0.29) is 18.8 Å².